The number of benzene rings is 1. The van der Waals surface area contributed by atoms with Gasteiger partial charge in [0.05, 0.1) is 4.90 Å². The van der Waals surface area contributed by atoms with Gasteiger partial charge in [0.2, 0.25) is 10.0 Å². The fourth-order valence-electron chi connectivity index (χ4n) is 2.55. The van der Waals surface area contributed by atoms with Gasteiger partial charge in [-0.2, -0.15) is 4.31 Å². The summed E-state index contributed by atoms with van der Waals surface area (Å²) < 4.78 is 32.2. The molecule has 0 aromatic heterocycles. The van der Waals surface area contributed by atoms with Crippen LogP contribution in [-0.2, 0) is 10.0 Å². The smallest absolute Gasteiger partial charge is 0.243 e. The molecule has 2 rings (SSSR count). The van der Waals surface area contributed by atoms with Crippen molar-refractivity contribution in [2.45, 2.75) is 37.1 Å². The molecule has 1 atom stereocenters. The molecule has 5 nitrogen and oxygen atoms in total. The Morgan fingerprint density at radius 2 is 2.05 bits per heavy atom. The van der Waals surface area contributed by atoms with Crippen molar-refractivity contribution >= 4 is 10.0 Å². The lowest BCUT2D eigenvalue weighted by molar-refractivity contribution is 0.328. The van der Waals surface area contributed by atoms with E-state index in [0.29, 0.717) is 30.3 Å². The van der Waals surface area contributed by atoms with Crippen LogP contribution in [0.1, 0.15) is 26.2 Å². The van der Waals surface area contributed by atoms with Gasteiger partial charge < -0.3 is 10.5 Å². The molecule has 0 aliphatic carbocycles. The van der Waals surface area contributed by atoms with Crippen LogP contribution in [0.2, 0.25) is 0 Å². The van der Waals surface area contributed by atoms with Crippen LogP contribution in [-0.4, -0.2) is 38.5 Å². The van der Waals surface area contributed by atoms with Crippen molar-refractivity contribution < 1.29 is 13.2 Å². The number of nitrogens with zero attached hydrogens (tertiary/aromatic N) is 1. The van der Waals surface area contributed by atoms with Crippen molar-refractivity contribution in [1.29, 1.82) is 0 Å². The largest absolute Gasteiger partial charge is 0.492 e. The van der Waals surface area contributed by atoms with Crippen LogP contribution in [0.3, 0.4) is 0 Å². The van der Waals surface area contributed by atoms with E-state index in [9.17, 15) is 8.42 Å². The molecule has 0 spiro atoms. The van der Waals surface area contributed by atoms with Crippen LogP contribution in [0.5, 0.6) is 5.75 Å². The molecule has 1 unspecified atom stereocenters. The molecule has 0 radical (unpaired) electrons. The zero-order chi connectivity index (χ0) is 14.6. The number of hydrogen-bond donors (Lipinski definition) is 1. The number of ether oxygens (including phenoxy) is 1. The van der Waals surface area contributed by atoms with Crippen LogP contribution in [0.25, 0.3) is 0 Å². The summed E-state index contributed by atoms with van der Waals surface area (Å²) in [7, 11) is -3.38. The average molecular weight is 298 g/mol. The van der Waals surface area contributed by atoms with E-state index in [1.165, 1.54) is 0 Å². The van der Waals surface area contributed by atoms with Gasteiger partial charge in [-0.05, 0) is 43.5 Å². The van der Waals surface area contributed by atoms with E-state index >= 15 is 0 Å². The van der Waals surface area contributed by atoms with Crippen molar-refractivity contribution in [2.24, 2.45) is 5.73 Å². The van der Waals surface area contributed by atoms with E-state index in [2.05, 4.69) is 0 Å². The van der Waals surface area contributed by atoms with Crippen molar-refractivity contribution in [3.8, 4) is 5.75 Å². The Hall–Kier alpha value is -1.11. The first-order valence-corrected chi connectivity index (χ1v) is 8.48. The molecule has 1 aromatic rings. The van der Waals surface area contributed by atoms with E-state index in [-0.39, 0.29) is 6.04 Å². The summed E-state index contributed by atoms with van der Waals surface area (Å²) in [5.41, 5.74) is 5.36. The summed E-state index contributed by atoms with van der Waals surface area (Å²) in [6.07, 6.45) is 2.75. The second-order valence-corrected chi connectivity index (χ2v) is 6.82. The molecule has 1 aliphatic heterocycles. The van der Waals surface area contributed by atoms with Crippen molar-refractivity contribution in [3.63, 3.8) is 0 Å². The molecule has 1 fully saturated rings. The molecule has 1 aromatic carbocycles. The predicted octanol–water partition coefficient (Wildman–Crippen LogP) is 1.59. The van der Waals surface area contributed by atoms with Crippen molar-refractivity contribution in [1.82, 2.24) is 4.31 Å². The minimum atomic E-state index is -3.38. The average Bonchev–Trinajstić information content (AvgIpc) is 2.95. The maximum absolute atomic E-state index is 12.6. The molecule has 1 aliphatic rings. The third-order valence-electron chi connectivity index (χ3n) is 3.61. The molecule has 1 saturated heterocycles. The van der Waals surface area contributed by atoms with Gasteiger partial charge in [-0.15, -0.1) is 0 Å². The predicted molar refractivity (Wildman–Crippen MR) is 78.2 cm³/mol. The third kappa shape index (κ3) is 3.13. The highest BCUT2D eigenvalue weighted by atomic mass is 32.2. The Morgan fingerprint density at radius 1 is 1.35 bits per heavy atom. The highest BCUT2D eigenvalue weighted by Crippen LogP contribution is 2.28. The van der Waals surface area contributed by atoms with Gasteiger partial charge in [0.25, 0.3) is 0 Å². The molecule has 0 bridgehead atoms. The molecule has 0 amide bonds. The third-order valence-corrected chi connectivity index (χ3v) is 5.58. The van der Waals surface area contributed by atoms with Gasteiger partial charge in [-0.3, -0.25) is 0 Å². The van der Waals surface area contributed by atoms with Gasteiger partial charge in [0, 0.05) is 19.1 Å². The van der Waals surface area contributed by atoms with Gasteiger partial charge in [-0.1, -0.05) is 6.92 Å². The molecule has 2 N–H and O–H groups in total. The summed E-state index contributed by atoms with van der Waals surface area (Å²) in [4.78, 5) is 0.331. The SMILES string of the molecule is CCC1CCCN1S(=O)(=O)c1ccc(OCCN)cc1. The zero-order valence-electron chi connectivity index (χ0n) is 11.8. The molecular formula is C14H22N2O3S. The number of hydrogen-bond acceptors (Lipinski definition) is 4. The Bertz CT molecular complexity index is 528. The normalized spacial score (nSPS) is 20.2. The maximum atomic E-state index is 12.6. The molecule has 112 valence electrons. The first-order chi connectivity index (χ1) is 9.59. The number of sulfonamides is 1. The Balaban J connectivity index is 2.17. The standard InChI is InChI=1S/C14H22N2O3S/c1-2-12-4-3-10-16(12)20(17,18)14-7-5-13(6-8-14)19-11-9-15/h5-8,12H,2-4,9-11,15H2,1H3. The quantitative estimate of drug-likeness (QED) is 0.865. The first-order valence-electron chi connectivity index (χ1n) is 7.04. The zero-order valence-corrected chi connectivity index (χ0v) is 12.6. The van der Waals surface area contributed by atoms with Gasteiger partial charge in [-0.25, -0.2) is 8.42 Å². The molecule has 0 saturated carbocycles. The lowest BCUT2D eigenvalue weighted by Crippen LogP contribution is -2.35. The van der Waals surface area contributed by atoms with Crippen LogP contribution < -0.4 is 10.5 Å². The molecule has 1 heterocycles. The first kappa shape index (κ1) is 15.3. The Kier molecular flexibility index (Phi) is 5.01. The Morgan fingerprint density at radius 3 is 2.65 bits per heavy atom. The minimum absolute atomic E-state index is 0.133. The fourth-order valence-corrected chi connectivity index (χ4v) is 4.32. The Labute approximate surface area is 120 Å². The molecule has 20 heavy (non-hydrogen) atoms. The lowest BCUT2D eigenvalue weighted by atomic mass is 10.2. The van der Waals surface area contributed by atoms with Crippen LogP contribution in [0.4, 0.5) is 0 Å². The van der Waals surface area contributed by atoms with Gasteiger partial charge in [0.15, 0.2) is 0 Å². The highest BCUT2D eigenvalue weighted by molar-refractivity contribution is 7.89. The summed E-state index contributed by atoms with van der Waals surface area (Å²) in [6, 6.07) is 6.70. The van der Waals surface area contributed by atoms with E-state index in [4.69, 9.17) is 10.5 Å². The van der Waals surface area contributed by atoms with Crippen LogP contribution >= 0.6 is 0 Å². The van der Waals surface area contributed by atoms with E-state index in [1.54, 1.807) is 28.6 Å². The lowest BCUT2D eigenvalue weighted by Gasteiger charge is -2.23. The van der Waals surface area contributed by atoms with E-state index in [1.807, 2.05) is 6.92 Å². The van der Waals surface area contributed by atoms with Gasteiger partial charge in [0.1, 0.15) is 12.4 Å². The van der Waals surface area contributed by atoms with Gasteiger partial charge >= 0.3 is 0 Å². The second-order valence-electron chi connectivity index (χ2n) is 4.93. The van der Waals surface area contributed by atoms with E-state index < -0.39 is 10.0 Å². The summed E-state index contributed by atoms with van der Waals surface area (Å²) in [5.74, 6) is 0.642. The fraction of sp³-hybridized carbons (Fsp3) is 0.571. The summed E-state index contributed by atoms with van der Waals surface area (Å²) in [5, 5.41) is 0. The van der Waals surface area contributed by atoms with Crippen molar-refractivity contribution in [2.75, 3.05) is 19.7 Å². The summed E-state index contributed by atoms with van der Waals surface area (Å²) >= 11 is 0. The monoisotopic (exact) mass is 298 g/mol. The van der Waals surface area contributed by atoms with Crippen LogP contribution in [0.15, 0.2) is 29.2 Å². The minimum Gasteiger partial charge on any atom is -0.492 e. The summed E-state index contributed by atoms with van der Waals surface area (Å²) in [6.45, 7) is 3.51. The number of nitrogens with two attached hydrogens (primary N) is 1. The van der Waals surface area contributed by atoms with Crippen molar-refractivity contribution in [3.05, 3.63) is 24.3 Å². The highest BCUT2D eigenvalue weighted by Gasteiger charge is 2.33. The molecular weight excluding hydrogens is 276 g/mol. The second kappa shape index (κ2) is 6.56. The molecule has 6 heteroatoms. The topological polar surface area (TPSA) is 72.6 Å². The van der Waals surface area contributed by atoms with Crippen LogP contribution in [0, 0.1) is 0 Å². The van der Waals surface area contributed by atoms with E-state index in [0.717, 1.165) is 19.3 Å². The maximum Gasteiger partial charge on any atom is 0.243 e. The number of rotatable bonds is 6.